The van der Waals surface area contributed by atoms with Gasteiger partial charge in [-0.15, -0.1) is 16.4 Å². The number of carbonyl (C=O) groups is 1. The number of anilines is 1. The van der Waals surface area contributed by atoms with Crippen LogP contribution < -0.4 is 4.90 Å². The molecule has 0 N–H and O–H groups in total. The molecule has 0 fully saturated rings. The van der Waals surface area contributed by atoms with E-state index in [0.717, 1.165) is 5.69 Å². The van der Waals surface area contributed by atoms with Crippen molar-refractivity contribution in [2.24, 2.45) is 0 Å². The maximum absolute atomic E-state index is 12.7. The number of nitrogens with zero attached hydrogens (tertiary/aromatic N) is 5. The Morgan fingerprint density at radius 1 is 1.24 bits per heavy atom. The van der Waals surface area contributed by atoms with Crippen molar-refractivity contribution in [3.8, 4) is 0 Å². The zero-order valence-electron chi connectivity index (χ0n) is 14.1. The lowest BCUT2D eigenvalue weighted by atomic mass is 10.2. The van der Waals surface area contributed by atoms with Crippen LogP contribution in [0.3, 0.4) is 0 Å². The van der Waals surface area contributed by atoms with E-state index in [4.69, 9.17) is 0 Å². The SMILES string of the molecule is CC(C)N(C(=O)CSc1nnnn1Cc1cccs1)c1ccccc1. The molecule has 2 heterocycles. The highest BCUT2D eigenvalue weighted by molar-refractivity contribution is 7.99. The minimum absolute atomic E-state index is 0.0388. The Balaban J connectivity index is 1.66. The summed E-state index contributed by atoms with van der Waals surface area (Å²) in [5, 5.41) is 14.5. The first-order chi connectivity index (χ1) is 12.1. The molecule has 0 unspecified atom stereocenters. The minimum atomic E-state index is 0.0388. The number of thioether (sulfide) groups is 1. The second-order valence-electron chi connectivity index (χ2n) is 5.68. The van der Waals surface area contributed by atoms with Gasteiger partial charge >= 0.3 is 0 Å². The smallest absolute Gasteiger partial charge is 0.237 e. The molecule has 0 aliphatic carbocycles. The van der Waals surface area contributed by atoms with Crippen LogP contribution in [-0.4, -0.2) is 37.9 Å². The highest BCUT2D eigenvalue weighted by Gasteiger charge is 2.20. The van der Waals surface area contributed by atoms with E-state index in [1.807, 2.05) is 61.7 Å². The van der Waals surface area contributed by atoms with Crippen molar-refractivity contribution in [2.75, 3.05) is 10.7 Å². The molecule has 25 heavy (non-hydrogen) atoms. The molecule has 0 aliphatic rings. The van der Waals surface area contributed by atoms with Gasteiger partial charge in [0.05, 0.1) is 12.3 Å². The van der Waals surface area contributed by atoms with Crippen LogP contribution in [0.15, 0.2) is 53.0 Å². The van der Waals surface area contributed by atoms with Gasteiger partial charge in [-0.05, 0) is 47.9 Å². The van der Waals surface area contributed by atoms with Crippen molar-refractivity contribution in [2.45, 2.75) is 31.6 Å². The molecular formula is C17H19N5OS2. The molecule has 1 amide bonds. The lowest BCUT2D eigenvalue weighted by Crippen LogP contribution is -2.38. The summed E-state index contributed by atoms with van der Waals surface area (Å²) in [6.07, 6.45) is 0. The molecule has 0 atom stereocenters. The van der Waals surface area contributed by atoms with Crippen molar-refractivity contribution in [3.05, 3.63) is 52.7 Å². The van der Waals surface area contributed by atoms with E-state index in [1.165, 1.54) is 16.6 Å². The van der Waals surface area contributed by atoms with Crippen LogP contribution in [0.4, 0.5) is 5.69 Å². The molecule has 6 nitrogen and oxygen atoms in total. The van der Waals surface area contributed by atoms with Gasteiger partial charge in [-0.25, -0.2) is 4.68 Å². The molecule has 130 valence electrons. The van der Waals surface area contributed by atoms with Gasteiger partial charge in [0.25, 0.3) is 0 Å². The van der Waals surface area contributed by atoms with Crippen molar-refractivity contribution >= 4 is 34.7 Å². The summed E-state index contributed by atoms with van der Waals surface area (Å²) in [6.45, 7) is 4.64. The van der Waals surface area contributed by atoms with Crippen molar-refractivity contribution < 1.29 is 4.79 Å². The van der Waals surface area contributed by atoms with Gasteiger partial charge in [0.2, 0.25) is 11.1 Å². The molecule has 3 aromatic rings. The topological polar surface area (TPSA) is 63.9 Å². The van der Waals surface area contributed by atoms with E-state index in [9.17, 15) is 4.79 Å². The van der Waals surface area contributed by atoms with Crippen LogP contribution in [0.5, 0.6) is 0 Å². The Morgan fingerprint density at radius 3 is 2.72 bits per heavy atom. The van der Waals surface area contributed by atoms with Crippen LogP contribution in [0.2, 0.25) is 0 Å². The van der Waals surface area contributed by atoms with E-state index in [-0.39, 0.29) is 17.7 Å². The van der Waals surface area contributed by atoms with E-state index < -0.39 is 0 Å². The van der Waals surface area contributed by atoms with Gasteiger partial charge in [-0.1, -0.05) is 36.0 Å². The van der Waals surface area contributed by atoms with Gasteiger partial charge in [0.1, 0.15) is 0 Å². The number of hydrogen-bond donors (Lipinski definition) is 0. The van der Waals surface area contributed by atoms with Crippen LogP contribution in [0.25, 0.3) is 0 Å². The highest BCUT2D eigenvalue weighted by atomic mass is 32.2. The second-order valence-corrected chi connectivity index (χ2v) is 7.65. The first-order valence-corrected chi connectivity index (χ1v) is 9.80. The molecule has 1 aromatic carbocycles. The van der Waals surface area contributed by atoms with Gasteiger partial charge in [-0.3, -0.25) is 4.79 Å². The Labute approximate surface area is 154 Å². The van der Waals surface area contributed by atoms with Crippen LogP contribution in [0, 0.1) is 0 Å². The first-order valence-electron chi connectivity index (χ1n) is 7.93. The molecule has 8 heteroatoms. The van der Waals surface area contributed by atoms with Gasteiger partial charge in [-0.2, -0.15) is 0 Å². The third-order valence-electron chi connectivity index (χ3n) is 3.53. The zero-order valence-corrected chi connectivity index (χ0v) is 15.7. The number of thiophene rings is 1. The molecular weight excluding hydrogens is 354 g/mol. The van der Waals surface area contributed by atoms with E-state index in [2.05, 4.69) is 15.5 Å². The van der Waals surface area contributed by atoms with Gasteiger partial charge < -0.3 is 4.90 Å². The number of amides is 1. The number of benzene rings is 1. The summed E-state index contributed by atoms with van der Waals surface area (Å²) in [5.41, 5.74) is 0.904. The number of aromatic nitrogens is 4. The normalized spacial score (nSPS) is 11.0. The average Bonchev–Trinajstić information content (AvgIpc) is 3.26. The molecule has 0 saturated heterocycles. The highest BCUT2D eigenvalue weighted by Crippen LogP contribution is 2.21. The molecule has 2 aromatic heterocycles. The summed E-state index contributed by atoms with van der Waals surface area (Å²) in [5.74, 6) is 0.328. The molecule has 0 saturated carbocycles. The predicted molar refractivity (Wildman–Crippen MR) is 101 cm³/mol. The van der Waals surface area contributed by atoms with E-state index >= 15 is 0 Å². The number of tetrazole rings is 1. The fraction of sp³-hybridized carbons (Fsp3) is 0.294. The fourth-order valence-corrected chi connectivity index (χ4v) is 3.89. The Morgan fingerprint density at radius 2 is 2.04 bits per heavy atom. The molecule has 0 radical (unpaired) electrons. The lowest BCUT2D eigenvalue weighted by Gasteiger charge is -2.26. The molecule has 0 aliphatic heterocycles. The summed E-state index contributed by atoms with van der Waals surface area (Å²) in [7, 11) is 0. The minimum Gasteiger partial charge on any atom is -0.309 e. The largest absolute Gasteiger partial charge is 0.309 e. The standard InChI is InChI=1S/C17H19N5OS2/c1-13(2)22(14-7-4-3-5-8-14)16(23)12-25-17-18-19-20-21(17)11-15-9-6-10-24-15/h3-10,13H,11-12H2,1-2H3. The average molecular weight is 374 g/mol. The van der Waals surface area contributed by atoms with Crippen molar-refractivity contribution in [3.63, 3.8) is 0 Å². The van der Waals surface area contributed by atoms with Crippen LogP contribution in [-0.2, 0) is 11.3 Å². The Kier molecular flexibility index (Phi) is 5.83. The molecule has 3 rings (SSSR count). The summed E-state index contributed by atoms with van der Waals surface area (Å²) < 4.78 is 1.73. The van der Waals surface area contributed by atoms with E-state index in [0.29, 0.717) is 11.7 Å². The number of carbonyl (C=O) groups excluding carboxylic acids is 1. The molecule has 0 spiro atoms. The van der Waals surface area contributed by atoms with E-state index in [1.54, 1.807) is 20.9 Å². The Bertz CT molecular complexity index is 802. The third kappa shape index (κ3) is 4.46. The van der Waals surface area contributed by atoms with Crippen LogP contribution >= 0.6 is 23.1 Å². The number of para-hydroxylation sites is 1. The number of rotatable bonds is 7. The predicted octanol–water partition coefficient (Wildman–Crippen LogP) is 3.32. The fourth-order valence-electron chi connectivity index (χ4n) is 2.46. The summed E-state index contributed by atoms with van der Waals surface area (Å²) in [6, 6.07) is 13.8. The lowest BCUT2D eigenvalue weighted by molar-refractivity contribution is -0.116. The Hall–Kier alpha value is -2.19. The quantitative estimate of drug-likeness (QED) is 0.595. The maximum Gasteiger partial charge on any atom is 0.237 e. The second kappa shape index (κ2) is 8.26. The van der Waals surface area contributed by atoms with Gasteiger partial charge in [0.15, 0.2) is 0 Å². The van der Waals surface area contributed by atoms with Gasteiger partial charge in [0, 0.05) is 16.6 Å². The van der Waals surface area contributed by atoms with Crippen LogP contribution in [0.1, 0.15) is 18.7 Å². The van der Waals surface area contributed by atoms with Crippen molar-refractivity contribution in [1.29, 1.82) is 0 Å². The first kappa shape index (κ1) is 17.6. The zero-order chi connectivity index (χ0) is 17.6. The maximum atomic E-state index is 12.7. The van der Waals surface area contributed by atoms with Crippen molar-refractivity contribution in [1.82, 2.24) is 20.2 Å². The number of hydrogen-bond acceptors (Lipinski definition) is 6. The third-order valence-corrected chi connectivity index (χ3v) is 5.33. The molecule has 0 bridgehead atoms. The summed E-state index contributed by atoms with van der Waals surface area (Å²) in [4.78, 5) is 15.7. The monoisotopic (exact) mass is 373 g/mol. The summed E-state index contributed by atoms with van der Waals surface area (Å²) >= 11 is 3.02.